The predicted octanol–water partition coefficient (Wildman–Crippen LogP) is 0.509. The monoisotopic (exact) mass is 222 g/mol. The summed E-state index contributed by atoms with van der Waals surface area (Å²) in [5.74, 6) is 0.0905. The molecule has 16 heavy (non-hydrogen) atoms. The first-order valence-electron chi connectivity index (χ1n) is 5.72. The number of carbonyl (C=O) groups excluding carboxylic acids is 1. The van der Waals surface area contributed by atoms with Gasteiger partial charge in [-0.1, -0.05) is 0 Å². The maximum Gasteiger partial charge on any atom is 0.272 e. The van der Waals surface area contributed by atoms with Gasteiger partial charge in [0, 0.05) is 32.2 Å². The molecule has 0 aliphatic carbocycles. The topological polar surface area (TPSA) is 50.2 Å². The van der Waals surface area contributed by atoms with Crippen molar-refractivity contribution in [2.45, 2.75) is 19.9 Å². The Morgan fingerprint density at radius 1 is 1.44 bits per heavy atom. The van der Waals surface area contributed by atoms with Gasteiger partial charge in [0.15, 0.2) is 0 Å². The van der Waals surface area contributed by atoms with Crippen LogP contribution in [-0.2, 0) is 0 Å². The lowest BCUT2D eigenvalue weighted by Crippen LogP contribution is -2.46. The second kappa shape index (κ2) is 4.65. The molecule has 1 aliphatic rings. The van der Waals surface area contributed by atoms with Gasteiger partial charge in [0.25, 0.3) is 5.91 Å². The van der Waals surface area contributed by atoms with Gasteiger partial charge in [-0.05, 0) is 13.8 Å². The SMILES string of the molecule is CC(C)n1cncc1C(=O)N1CCNCC1. The van der Waals surface area contributed by atoms with Crippen molar-refractivity contribution < 1.29 is 4.79 Å². The molecular formula is C11H18N4O. The van der Waals surface area contributed by atoms with Gasteiger partial charge in [-0.15, -0.1) is 0 Å². The second-order valence-electron chi connectivity index (χ2n) is 4.32. The van der Waals surface area contributed by atoms with Crippen LogP contribution in [0.3, 0.4) is 0 Å². The Labute approximate surface area is 95.5 Å². The minimum atomic E-state index is 0.0905. The fraction of sp³-hybridized carbons (Fsp3) is 0.636. The molecule has 1 saturated heterocycles. The van der Waals surface area contributed by atoms with Crippen LogP contribution in [0.25, 0.3) is 0 Å². The van der Waals surface area contributed by atoms with Gasteiger partial charge in [-0.3, -0.25) is 4.79 Å². The molecule has 0 unspecified atom stereocenters. The zero-order valence-corrected chi connectivity index (χ0v) is 9.81. The lowest BCUT2D eigenvalue weighted by Gasteiger charge is -2.27. The van der Waals surface area contributed by atoms with Crippen LogP contribution in [0.15, 0.2) is 12.5 Å². The molecule has 1 N–H and O–H groups in total. The van der Waals surface area contributed by atoms with E-state index in [1.807, 2.05) is 9.47 Å². The Hall–Kier alpha value is -1.36. The van der Waals surface area contributed by atoms with Crippen LogP contribution < -0.4 is 5.32 Å². The molecule has 0 radical (unpaired) electrons. The molecule has 5 heteroatoms. The van der Waals surface area contributed by atoms with E-state index in [-0.39, 0.29) is 11.9 Å². The predicted molar refractivity (Wildman–Crippen MR) is 61.4 cm³/mol. The summed E-state index contributed by atoms with van der Waals surface area (Å²) >= 11 is 0. The first-order valence-corrected chi connectivity index (χ1v) is 5.72. The quantitative estimate of drug-likeness (QED) is 0.793. The molecule has 1 aromatic heterocycles. The summed E-state index contributed by atoms with van der Waals surface area (Å²) in [5.41, 5.74) is 0.692. The minimum Gasteiger partial charge on any atom is -0.335 e. The van der Waals surface area contributed by atoms with Crippen LogP contribution in [0.1, 0.15) is 30.4 Å². The normalized spacial score (nSPS) is 16.8. The molecule has 0 spiro atoms. The van der Waals surface area contributed by atoms with Crippen LogP contribution >= 0.6 is 0 Å². The number of imidazole rings is 1. The largest absolute Gasteiger partial charge is 0.335 e. The summed E-state index contributed by atoms with van der Waals surface area (Å²) in [7, 11) is 0. The van der Waals surface area contributed by atoms with Crippen LogP contribution in [0.2, 0.25) is 0 Å². The number of hydrogen-bond donors (Lipinski definition) is 1. The van der Waals surface area contributed by atoms with Gasteiger partial charge in [0.2, 0.25) is 0 Å². The smallest absolute Gasteiger partial charge is 0.272 e. The molecule has 5 nitrogen and oxygen atoms in total. The number of hydrogen-bond acceptors (Lipinski definition) is 3. The van der Waals surface area contributed by atoms with Crippen molar-refractivity contribution in [1.82, 2.24) is 19.8 Å². The summed E-state index contributed by atoms with van der Waals surface area (Å²) in [6.07, 6.45) is 3.38. The van der Waals surface area contributed by atoms with Crippen LogP contribution in [-0.4, -0.2) is 46.5 Å². The average molecular weight is 222 g/mol. The number of carbonyl (C=O) groups is 1. The van der Waals surface area contributed by atoms with E-state index in [1.165, 1.54) is 0 Å². The molecule has 1 fully saturated rings. The molecule has 0 bridgehead atoms. The van der Waals surface area contributed by atoms with Gasteiger partial charge in [-0.2, -0.15) is 0 Å². The number of nitrogens with one attached hydrogen (secondary N) is 1. The lowest BCUT2D eigenvalue weighted by molar-refractivity contribution is 0.0723. The summed E-state index contributed by atoms with van der Waals surface area (Å²) in [6.45, 7) is 7.42. The Morgan fingerprint density at radius 2 is 2.12 bits per heavy atom. The van der Waals surface area contributed by atoms with E-state index in [2.05, 4.69) is 24.1 Å². The molecule has 0 saturated carbocycles. The van der Waals surface area contributed by atoms with Gasteiger partial charge in [-0.25, -0.2) is 4.98 Å². The minimum absolute atomic E-state index is 0.0905. The number of amides is 1. The zero-order chi connectivity index (χ0) is 11.5. The van der Waals surface area contributed by atoms with Crippen LogP contribution in [0.4, 0.5) is 0 Å². The summed E-state index contributed by atoms with van der Waals surface area (Å²) in [4.78, 5) is 18.2. The van der Waals surface area contributed by atoms with Crippen molar-refractivity contribution >= 4 is 5.91 Å². The standard InChI is InChI=1S/C11H18N4O/c1-9(2)15-8-13-7-10(15)11(16)14-5-3-12-4-6-14/h7-9,12H,3-6H2,1-2H3. The fourth-order valence-electron chi connectivity index (χ4n) is 1.91. The van der Waals surface area contributed by atoms with Gasteiger partial charge in [0.05, 0.1) is 12.5 Å². The molecule has 1 amide bonds. The zero-order valence-electron chi connectivity index (χ0n) is 9.81. The molecule has 1 aliphatic heterocycles. The van der Waals surface area contributed by atoms with Crippen molar-refractivity contribution in [2.75, 3.05) is 26.2 Å². The molecule has 0 aromatic carbocycles. The van der Waals surface area contributed by atoms with Gasteiger partial charge < -0.3 is 14.8 Å². The van der Waals surface area contributed by atoms with Crippen LogP contribution in [0, 0.1) is 0 Å². The first-order chi connectivity index (χ1) is 7.70. The average Bonchev–Trinajstić information content (AvgIpc) is 2.78. The highest BCUT2D eigenvalue weighted by molar-refractivity contribution is 5.92. The molecule has 0 atom stereocenters. The van der Waals surface area contributed by atoms with Gasteiger partial charge in [0.1, 0.15) is 5.69 Å². The highest BCUT2D eigenvalue weighted by atomic mass is 16.2. The van der Waals surface area contributed by atoms with E-state index < -0.39 is 0 Å². The van der Waals surface area contributed by atoms with E-state index >= 15 is 0 Å². The van der Waals surface area contributed by atoms with E-state index in [1.54, 1.807) is 12.5 Å². The van der Waals surface area contributed by atoms with Crippen molar-refractivity contribution in [1.29, 1.82) is 0 Å². The number of rotatable bonds is 2. The van der Waals surface area contributed by atoms with E-state index in [4.69, 9.17) is 0 Å². The summed E-state index contributed by atoms with van der Waals surface area (Å²) < 4.78 is 1.92. The molecule has 2 rings (SSSR count). The maximum atomic E-state index is 12.2. The van der Waals surface area contributed by atoms with Gasteiger partial charge >= 0.3 is 0 Å². The third-order valence-corrected chi connectivity index (χ3v) is 2.85. The summed E-state index contributed by atoms with van der Waals surface area (Å²) in [5, 5.41) is 3.24. The maximum absolute atomic E-state index is 12.2. The fourth-order valence-corrected chi connectivity index (χ4v) is 1.91. The van der Waals surface area contributed by atoms with E-state index in [0.717, 1.165) is 26.2 Å². The number of piperazine rings is 1. The third kappa shape index (κ3) is 2.09. The highest BCUT2D eigenvalue weighted by Gasteiger charge is 2.21. The highest BCUT2D eigenvalue weighted by Crippen LogP contribution is 2.11. The Morgan fingerprint density at radius 3 is 2.75 bits per heavy atom. The second-order valence-corrected chi connectivity index (χ2v) is 4.32. The number of aromatic nitrogens is 2. The van der Waals surface area contributed by atoms with Crippen molar-refractivity contribution in [3.63, 3.8) is 0 Å². The Balaban J connectivity index is 2.16. The van der Waals surface area contributed by atoms with Crippen molar-refractivity contribution in [2.24, 2.45) is 0 Å². The van der Waals surface area contributed by atoms with Crippen molar-refractivity contribution in [3.05, 3.63) is 18.2 Å². The summed E-state index contributed by atoms with van der Waals surface area (Å²) in [6, 6.07) is 0.268. The molecular weight excluding hydrogens is 204 g/mol. The third-order valence-electron chi connectivity index (χ3n) is 2.85. The van der Waals surface area contributed by atoms with E-state index in [9.17, 15) is 4.79 Å². The first kappa shape index (κ1) is 11.1. The molecule has 88 valence electrons. The Kier molecular flexibility index (Phi) is 3.24. The van der Waals surface area contributed by atoms with Crippen LogP contribution in [0.5, 0.6) is 0 Å². The Bertz CT molecular complexity index is 366. The molecule has 2 heterocycles. The van der Waals surface area contributed by atoms with Crippen molar-refractivity contribution in [3.8, 4) is 0 Å². The van der Waals surface area contributed by atoms with E-state index in [0.29, 0.717) is 5.69 Å². The number of nitrogens with zero attached hydrogens (tertiary/aromatic N) is 3. The lowest BCUT2D eigenvalue weighted by atomic mass is 10.3. The molecule has 1 aromatic rings.